The van der Waals surface area contributed by atoms with Crippen molar-refractivity contribution in [2.75, 3.05) is 19.6 Å². The van der Waals surface area contributed by atoms with Gasteiger partial charge in [-0.05, 0) is 18.6 Å². The third kappa shape index (κ3) is 3.24. The van der Waals surface area contributed by atoms with Gasteiger partial charge in [-0.2, -0.15) is 4.31 Å². The molecule has 1 aromatic carbocycles. The predicted molar refractivity (Wildman–Crippen MR) is 101 cm³/mol. The molecule has 9 heteroatoms. The molecule has 0 N–H and O–H groups in total. The van der Waals surface area contributed by atoms with Crippen molar-refractivity contribution in [3.63, 3.8) is 0 Å². The molecule has 0 unspecified atom stereocenters. The van der Waals surface area contributed by atoms with E-state index in [4.69, 9.17) is 4.74 Å². The summed E-state index contributed by atoms with van der Waals surface area (Å²) in [7, 11) is -3.66. The van der Waals surface area contributed by atoms with Crippen molar-refractivity contribution in [3.8, 4) is 5.75 Å². The molecule has 0 bridgehead atoms. The molecule has 8 nitrogen and oxygen atoms in total. The van der Waals surface area contributed by atoms with Crippen LogP contribution in [0, 0.1) is 0 Å². The Morgan fingerprint density at radius 2 is 2.00 bits per heavy atom. The van der Waals surface area contributed by atoms with Crippen LogP contribution < -0.4 is 4.74 Å². The molecule has 1 fully saturated rings. The standard InChI is InChI=1S/C19H22N4O4S/c1-2-23-15-7-11-22(19(24)14-13-20-9-10-21-14)12-8-16(15)27-17-5-3-4-6-18(17)28(23,25)26/h3-6,9-10,13,15-16H,2,7-8,11-12H2,1H3/t15-,16-/m1/s1. The maximum atomic E-state index is 13.2. The molecule has 28 heavy (non-hydrogen) atoms. The van der Waals surface area contributed by atoms with E-state index in [1.54, 1.807) is 29.2 Å². The summed E-state index contributed by atoms with van der Waals surface area (Å²) in [5.74, 6) is 0.179. The molecule has 0 spiro atoms. The number of rotatable bonds is 2. The highest BCUT2D eigenvalue weighted by atomic mass is 32.2. The minimum Gasteiger partial charge on any atom is -0.487 e. The number of ether oxygens (including phenoxy) is 1. The number of carbonyl (C=O) groups excluding carboxylic acids is 1. The molecule has 2 aliphatic rings. The third-order valence-electron chi connectivity index (χ3n) is 5.27. The fourth-order valence-corrected chi connectivity index (χ4v) is 5.75. The molecular weight excluding hydrogens is 380 g/mol. The second-order valence-corrected chi connectivity index (χ2v) is 8.70. The average Bonchev–Trinajstić information content (AvgIpc) is 2.96. The maximum Gasteiger partial charge on any atom is 0.274 e. The van der Waals surface area contributed by atoms with Gasteiger partial charge in [-0.25, -0.2) is 13.4 Å². The van der Waals surface area contributed by atoms with Gasteiger partial charge in [0.2, 0.25) is 10.0 Å². The Morgan fingerprint density at radius 3 is 2.75 bits per heavy atom. The van der Waals surface area contributed by atoms with Crippen molar-refractivity contribution in [1.29, 1.82) is 0 Å². The normalized spacial score (nSPS) is 24.2. The average molecular weight is 402 g/mol. The number of hydrogen-bond acceptors (Lipinski definition) is 6. The van der Waals surface area contributed by atoms with E-state index in [1.807, 2.05) is 6.92 Å². The van der Waals surface area contributed by atoms with Crippen LogP contribution in [0.15, 0.2) is 47.8 Å². The minimum absolute atomic E-state index is 0.198. The van der Waals surface area contributed by atoms with Crippen molar-refractivity contribution < 1.29 is 17.9 Å². The lowest BCUT2D eigenvalue weighted by atomic mass is 10.1. The summed E-state index contributed by atoms with van der Waals surface area (Å²) in [5.41, 5.74) is 0.288. The van der Waals surface area contributed by atoms with Crippen LogP contribution in [-0.4, -0.2) is 65.3 Å². The van der Waals surface area contributed by atoms with Crippen LogP contribution in [0.2, 0.25) is 0 Å². The summed E-state index contributed by atoms with van der Waals surface area (Å²) in [6.45, 7) is 3.08. The lowest BCUT2D eigenvalue weighted by Crippen LogP contribution is -2.47. The summed E-state index contributed by atoms with van der Waals surface area (Å²) in [5, 5.41) is 0. The molecule has 2 aromatic rings. The third-order valence-corrected chi connectivity index (χ3v) is 7.31. The number of likely N-dealkylation sites (N-methyl/N-ethyl adjacent to an activating group) is 1. The largest absolute Gasteiger partial charge is 0.487 e. The van der Waals surface area contributed by atoms with Crippen LogP contribution in [0.1, 0.15) is 30.3 Å². The molecule has 2 atom stereocenters. The fourth-order valence-electron chi connectivity index (χ4n) is 3.94. The van der Waals surface area contributed by atoms with Gasteiger partial charge in [0.15, 0.2) is 0 Å². The van der Waals surface area contributed by atoms with Crippen molar-refractivity contribution >= 4 is 15.9 Å². The van der Waals surface area contributed by atoms with E-state index < -0.39 is 10.0 Å². The van der Waals surface area contributed by atoms with Gasteiger partial charge < -0.3 is 9.64 Å². The quantitative estimate of drug-likeness (QED) is 0.757. The smallest absolute Gasteiger partial charge is 0.274 e. The number of hydrogen-bond donors (Lipinski definition) is 0. The Bertz CT molecular complexity index is 967. The zero-order valence-corrected chi connectivity index (χ0v) is 16.4. The Morgan fingerprint density at radius 1 is 1.21 bits per heavy atom. The van der Waals surface area contributed by atoms with Crippen LogP contribution >= 0.6 is 0 Å². The van der Waals surface area contributed by atoms with Gasteiger partial charge in [0, 0.05) is 38.4 Å². The van der Waals surface area contributed by atoms with Crippen molar-refractivity contribution in [1.82, 2.24) is 19.2 Å². The molecule has 1 amide bonds. The molecule has 3 heterocycles. The Balaban J connectivity index is 1.64. The first-order valence-corrected chi connectivity index (χ1v) is 10.8. The topological polar surface area (TPSA) is 92.7 Å². The van der Waals surface area contributed by atoms with E-state index in [-0.39, 0.29) is 28.6 Å². The van der Waals surface area contributed by atoms with Gasteiger partial charge in [0.05, 0.1) is 12.2 Å². The molecule has 1 aromatic heterocycles. The maximum absolute atomic E-state index is 13.2. The number of fused-ring (bicyclic) bond motifs is 2. The number of amides is 1. The fraction of sp³-hybridized carbons (Fsp3) is 0.421. The highest BCUT2D eigenvalue weighted by molar-refractivity contribution is 7.89. The minimum atomic E-state index is -3.66. The number of para-hydroxylation sites is 1. The van der Waals surface area contributed by atoms with E-state index in [1.165, 1.54) is 22.9 Å². The van der Waals surface area contributed by atoms with E-state index >= 15 is 0 Å². The molecule has 1 saturated heterocycles. The first-order valence-electron chi connectivity index (χ1n) is 9.35. The second-order valence-electron chi connectivity index (χ2n) is 6.84. The zero-order valence-electron chi connectivity index (χ0n) is 15.6. The van der Waals surface area contributed by atoms with Crippen LogP contribution in [0.25, 0.3) is 0 Å². The monoisotopic (exact) mass is 402 g/mol. The van der Waals surface area contributed by atoms with E-state index in [2.05, 4.69) is 9.97 Å². The molecule has 0 saturated carbocycles. The number of benzene rings is 1. The Kier molecular flexibility index (Phi) is 5.03. The highest BCUT2D eigenvalue weighted by Crippen LogP contribution is 2.36. The van der Waals surface area contributed by atoms with Gasteiger partial charge in [-0.15, -0.1) is 0 Å². The summed E-state index contributed by atoms with van der Waals surface area (Å²) in [6, 6.07) is 6.42. The van der Waals surface area contributed by atoms with Gasteiger partial charge in [-0.1, -0.05) is 19.1 Å². The van der Waals surface area contributed by atoms with Crippen LogP contribution in [0.5, 0.6) is 5.75 Å². The van der Waals surface area contributed by atoms with Crippen LogP contribution in [0.4, 0.5) is 0 Å². The van der Waals surface area contributed by atoms with Crippen LogP contribution in [-0.2, 0) is 10.0 Å². The van der Waals surface area contributed by atoms with Gasteiger partial charge in [0.1, 0.15) is 22.4 Å². The lowest BCUT2D eigenvalue weighted by Gasteiger charge is -2.30. The summed E-state index contributed by atoms with van der Waals surface area (Å²) >= 11 is 0. The number of nitrogens with zero attached hydrogens (tertiary/aromatic N) is 4. The molecule has 0 radical (unpaired) electrons. The van der Waals surface area contributed by atoms with E-state index in [0.29, 0.717) is 38.2 Å². The van der Waals surface area contributed by atoms with Crippen LogP contribution in [0.3, 0.4) is 0 Å². The zero-order chi connectivity index (χ0) is 19.7. The number of sulfonamides is 1. The highest BCUT2D eigenvalue weighted by Gasteiger charge is 2.43. The molecule has 2 aliphatic heterocycles. The summed E-state index contributed by atoms with van der Waals surface area (Å²) < 4.78 is 34.1. The number of aromatic nitrogens is 2. The molecule has 0 aliphatic carbocycles. The van der Waals surface area contributed by atoms with E-state index in [0.717, 1.165) is 0 Å². The Hall–Kier alpha value is -2.52. The second kappa shape index (κ2) is 7.48. The van der Waals surface area contributed by atoms with Gasteiger partial charge in [-0.3, -0.25) is 9.78 Å². The van der Waals surface area contributed by atoms with Crippen molar-refractivity contribution in [3.05, 3.63) is 48.5 Å². The molecule has 4 rings (SSSR count). The molecular formula is C19H22N4O4S. The lowest BCUT2D eigenvalue weighted by molar-refractivity contribution is 0.0749. The predicted octanol–water partition coefficient (Wildman–Crippen LogP) is 1.55. The van der Waals surface area contributed by atoms with Crippen molar-refractivity contribution in [2.45, 2.75) is 36.8 Å². The Labute approximate surface area is 164 Å². The van der Waals surface area contributed by atoms with Gasteiger partial charge >= 0.3 is 0 Å². The van der Waals surface area contributed by atoms with Gasteiger partial charge in [0.25, 0.3) is 5.91 Å². The number of likely N-dealkylation sites (tertiary alicyclic amines) is 1. The first kappa shape index (κ1) is 18.8. The summed E-state index contributed by atoms with van der Waals surface area (Å²) in [6.07, 6.45) is 5.17. The first-order chi connectivity index (χ1) is 13.5. The summed E-state index contributed by atoms with van der Waals surface area (Å²) in [4.78, 5) is 22.7. The van der Waals surface area contributed by atoms with Crippen molar-refractivity contribution in [2.24, 2.45) is 0 Å². The number of carbonyl (C=O) groups is 1. The molecule has 148 valence electrons. The van der Waals surface area contributed by atoms with E-state index in [9.17, 15) is 13.2 Å². The SMILES string of the molecule is CCN1[C@@H]2CCN(C(=O)c3cnccn3)CC[C@H]2Oc2ccccc2S1(=O)=O.